The number of allylic oxidation sites excluding steroid dienone is 2. The third kappa shape index (κ3) is 3.96. The summed E-state index contributed by atoms with van der Waals surface area (Å²) in [7, 11) is 1.65. The quantitative estimate of drug-likeness (QED) is 0.434. The van der Waals surface area contributed by atoms with E-state index in [1.54, 1.807) is 7.11 Å². The van der Waals surface area contributed by atoms with Crippen molar-refractivity contribution in [3.05, 3.63) is 41.5 Å². The van der Waals surface area contributed by atoms with E-state index >= 15 is 0 Å². The summed E-state index contributed by atoms with van der Waals surface area (Å²) in [5, 5.41) is 0. The van der Waals surface area contributed by atoms with Gasteiger partial charge in [-0.25, -0.2) is 0 Å². The van der Waals surface area contributed by atoms with Crippen LogP contribution in [0.2, 0.25) is 0 Å². The van der Waals surface area contributed by atoms with E-state index in [9.17, 15) is 4.79 Å². The van der Waals surface area contributed by atoms with Gasteiger partial charge in [-0.3, -0.25) is 4.79 Å². The molecule has 28 heavy (non-hydrogen) atoms. The summed E-state index contributed by atoms with van der Waals surface area (Å²) in [6.45, 7) is 5.18. The van der Waals surface area contributed by atoms with E-state index in [1.165, 1.54) is 5.57 Å². The van der Waals surface area contributed by atoms with Crippen molar-refractivity contribution >= 4 is 5.97 Å². The van der Waals surface area contributed by atoms with Crippen LogP contribution in [-0.4, -0.2) is 37.5 Å². The van der Waals surface area contributed by atoms with E-state index < -0.39 is 0 Å². The van der Waals surface area contributed by atoms with Crippen LogP contribution in [0.5, 0.6) is 5.75 Å². The molecule has 5 nitrogen and oxygen atoms in total. The van der Waals surface area contributed by atoms with Gasteiger partial charge in [0.1, 0.15) is 18.0 Å². The molecule has 0 spiro atoms. The number of ether oxygens (including phenoxy) is 4. The lowest BCUT2D eigenvalue weighted by Gasteiger charge is -2.22. The van der Waals surface area contributed by atoms with Gasteiger partial charge in [0, 0.05) is 5.92 Å². The molecule has 0 amide bonds. The summed E-state index contributed by atoms with van der Waals surface area (Å²) in [4.78, 5) is 12.6. The molecular formula is C23H30O5. The third-order valence-corrected chi connectivity index (χ3v) is 6.46. The molecule has 0 radical (unpaired) electrons. The highest BCUT2D eigenvalue weighted by Crippen LogP contribution is 2.50. The molecular weight excluding hydrogens is 356 g/mol. The predicted molar refractivity (Wildman–Crippen MR) is 105 cm³/mol. The number of epoxide rings is 1. The highest BCUT2D eigenvalue weighted by Gasteiger charge is 2.62. The average Bonchev–Trinajstić information content (AvgIpc) is 3.26. The molecule has 1 aliphatic carbocycles. The molecule has 0 N–H and O–H groups in total. The first-order valence-corrected chi connectivity index (χ1v) is 10.2. The fraction of sp³-hybridized carbons (Fsp3) is 0.609. The van der Waals surface area contributed by atoms with Crippen molar-refractivity contribution in [3.8, 4) is 5.75 Å². The van der Waals surface area contributed by atoms with E-state index in [0.717, 1.165) is 37.0 Å². The van der Waals surface area contributed by atoms with Gasteiger partial charge >= 0.3 is 5.97 Å². The number of rotatable bonds is 5. The maximum atomic E-state index is 12.6. The predicted octanol–water partition coefficient (Wildman–Crippen LogP) is 4.05. The first-order valence-electron chi connectivity index (χ1n) is 10.2. The number of carbonyl (C=O) groups excluding carboxylic acids is 1. The van der Waals surface area contributed by atoms with Crippen molar-refractivity contribution in [1.29, 1.82) is 0 Å². The Morgan fingerprint density at radius 1 is 1.25 bits per heavy atom. The molecule has 0 unspecified atom stereocenters. The van der Waals surface area contributed by atoms with Crippen molar-refractivity contribution in [2.45, 2.75) is 63.9 Å². The molecule has 1 aromatic rings. The van der Waals surface area contributed by atoms with Gasteiger partial charge in [0.25, 0.3) is 0 Å². The van der Waals surface area contributed by atoms with E-state index in [0.29, 0.717) is 13.2 Å². The summed E-state index contributed by atoms with van der Waals surface area (Å²) in [6.07, 6.45) is 6.14. The second-order valence-electron chi connectivity index (χ2n) is 8.51. The molecule has 2 fully saturated rings. The number of hydrogen-bond acceptors (Lipinski definition) is 5. The fourth-order valence-corrected chi connectivity index (χ4v) is 4.55. The molecule has 152 valence electrons. The van der Waals surface area contributed by atoms with Crippen molar-refractivity contribution in [1.82, 2.24) is 0 Å². The van der Waals surface area contributed by atoms with Crippen LogP contribution < -0.4 is 4.74 Å². The topological polar surface area (TPSA) is 57.3 Å². The number of methoxy groups -OCH3 is 1. The zero-order chi connectivity index (χ0) is 19.7. The largest absolute Gasteiger partial charge is 0.497 e. The minimum Gasteiger partial charge on any atom is -0.497 e. The van der Waals surface area contributed by atoms with E-state index in [2.05, 4.69) is 19.9 Å². The van der Waals surface area contributed by atoms with Crippen molar-refractivity contribution in [2.24, 2.45) is 11.8 Å². The van der Waals surface area contributed by atoms with Crippen LogP contribution in [0.15, 0.2) is 35.9 Å². The van der Waals surface area contributed by atoms with Crippen LogP contribution in [0.4, 0.5) is 0 Å². The highest BCUT2D eigenvalue weighted by molar-refractivity contribution is 5.75. The van der Waals surface area contributed by atoms with E-state index in [1.807, 2.05) is 24.3 Å². The molecule has 5 heteroatoms. The van der Waals surface area contributed by atoms with E-state index in [-0.39, 0.29) is 35.6 Å². The zero-order valence-electron chi connectivity index (χ0n) is 17.0. The van der Waals surface area contributed by atoms with Crippen LogP contribution in [0.3, 0.4) is 0 Å². The summed E-state index contributed by atoms with van der Waals surface area (Å²) < 4.78 is 22.9. The SMILES string of the molecule is COc1ccc(COC[C@@H]2C(=O)O[C@H]3[C@H]2CC/C(C)=C/CC[C@@]2(C)O[C@@H]32)cc1. The second-order valence-corrected chi connectivity index (χ2v) is 8.51. The Kier molecular flexibility index (Phi) is 5.48. The van der Waals surface area contributed by atoms with Crippen LogP contribution in [0, 0.1) is 11.8 Å². The van der Waals surface area contributed by atoms with Gasteiger partial charge in [0.2, 0.25) is 0 Å². The molecule has 4 rings (SSSR count). The first-order chi connectivity index (χ1) is 13.5. The monoisotopic (exact) mass is 386 g/mol. The molecule has 0 bridgehead atoms. The smallest absolute Gasteiger partial charge is 0.312 e. The van der Waals surface area contributed by atoms with Gasteiger partial charge in [-0.15, -0.1) is 0 Å². The van der Waals surface area contributed by atoms with Crippen molar-refractivity contribution in [3.63, 3.8) is 0 Å². The van der Waals surface area contributed by atoms with Gasteiger partial charge in [-0.2, -0.15) is 0 Å². The molecule has 5 atom stereocenters. The summed E-state index contributed by atoms with van der Waals surface area (Å²) in [5.41, 5.74) is 2.29. The number of carbonyl (C=O) groups is 1. The number of hydrogen-bond donors (Lipinski definition) is 0. The summed E-state index contributed by atoms with van der Waals surface area (Å²) in [5.74, 6) is 0.618. The minimum absolute atomic E-state index is 0.0276. The molecule has 2 saturated heterocycles. The zero-order valence-corrected chi connectivity index (χ0v) is 17.0. The average molecular weight is 386 g/mol. The lowest BCUT2D eigenvalue weighted by molar-refractivity contribution is -0.146. The Labute approximate surface area is 167 Å². The molecule has 0 aromatic heterocycles. The third-order valence-electron chi connectivity index (χ3n) is 6.46. The standard InChI is InChI=1S/C23H30O5/c1-15-5-4-12-23(2)21(28-23)20-18(11-6-15)19(22(24)27-20)14-26-13-16-7-9-17(25-3)10-8-16/h5,7-10,18-21H,4,6,11-14H2,1-3H3/b15-5+/t18-,19-,20-,21-,23+/m0/s1. The number of esters is 1. The highest BCUT2D eigenvalue weighted by atomic mass is 16.6. The van der Waals surface area contributed by atoms with Gasteiger partial charge in [-0.1, -0.05) is 23.8 Å². The number of fused-ring (bicyclic) bond motifs is 3. The van der Waals surface area contributed by atoms with Gasteiger partial charge in [-0.05, 0) is 57.2 Å². The van der Waals surface area contributed by atoms with Gasteiger partial charge < -0.3 is 18.9 Å². The number of benzene rings is 1. The summed E-state index contributed by atoms with van der Waals surface area (Å²) in [6, 6.07) is 7.80. The van der Waals surface area contributed by atoms with Crippen LogP contribution in [0.1, 0.15) is 45.1 Å². The molecule has 3 aliphatic rings. The maximum absolute atomic E-state index is 12.6. The van der Waals surface area contributed by atoms with Crippen LogP contribution in [-0.2, 0) is 25.6 Å². The molecule has 2 aliphatic heterocycles. The fourth-order valence-electron chi connectivity index (χ4n) is 4.55. The van der Waals surface area contributed by atoms with Crippen molar-refractivity contribution < 1.29 is 23.7 Å². The van der Waals surface area contributed by atoms with E-state index in [4.69, 9.17) is 18.9 Å². The lowest BCUT2D eigenvalue weighted by atomic mass is 9.81. The Bertz CT molecular complexity index is 740. The Morgan fingerprint density at radius 2 is 2.04 bits per heavy atom. The Morgan fingerprint density at radius 3 is 2.79 bits per heavy atom. The Hall–Kier alpha value is -1.85. The minimum atomic E-state index is -0.219. The molecule has 1 aromatic carbocycles. The molecule has 0 saturated carbocycles. The second kappa shape index (κ2) is 7.88. The van der Waals surface area contributed by atoms with Crippen LogP contribution >= 0.6 is 0 Å². The van der Waals surface area contributed by atoms with Gasteiger partial charge in [0.15, 0.2) is 0 Å². The van der Waals surface area contributed by atoms with Crippen molar-refractivity contribution in [2.75, 3.05) is 13.7 Å². The normalized spacial score (nSPS) is 36.5. The summed E-state index contributed by atoms with van der Waals surface area (Å²) >= 11 is 0. The van der Waals surface area contributed by atoms with Gasteiger partial charge in [0.05, 0.1) is 31.8 Å². The maximum Gasteiger partial charge on any atom is 0.312 e. The van der Waals surface area contributed by atoms with Crippen LogP contribution in [0.25, 0.3) is 0 Å². The lowest BCUT2D eigenvalue weighted by Crippen LogP contribution is -2.31. The first kappa shape index (κ1) is 19.5. The molecule has 2 heterocycles. The Balaban J connectivity index is 1.41.